The van der Waals surface area contributed by atoms with Gasteiger partial charge in [0.2, 0.25) is 0 Å². The Morgan fingerprint density at radius 1 is 1.13 bits per heavy atom. The average molecular weight is 332 g/mol. The van der Waals surface area contributed by atoms with Crippen molar-refractivity contribution in [3.8, 4) is 0 Å². The van der Waals surface area contributed by atoms with E-state index in [2.05, 4.69) is 0 Å². The number of aliphatic hydroxyl groups is 1. The van der Waals surface area contributed by atoms with Crippen LogP contribution in [0.15, 0.2) is 59.6 Å². The van der Waals surface area contributed by atoms with Crippen molar-refractivity contribution >= 4 is 26.6 Å². The third-order valence-corrected chi connectivity index (χ3v) is 5.19. The molecule has 0 saturated heterocycles. The molecule has 8 heteroatoms. The van der Waals surface area contributed by atoms with Crippen molar-refractivity contribution in [2.45, 2.75) is 11.5 Å². The van der Waals surface area contributed by atoms with Gasteiger partial charge in [0.25, 0.3) is 15.7 Å². The van der Waals surface area contributed by atoms with Gasteiger partial charge in [0.1, 0.15) is 0 Å². The Bertz CT molecular complexity index is 1010. The van der Waals surface area contributed by atoms with E-state index in [0.29, 0.717) is 16.5 Å². The maximum Gasteiger partial charge on any atom is 0.270 e. The number of hydrogen-bond acceptors (Lipinski definition) is 5. The van der Waals surface area contributed by atoms with Gasteiger partial charge in [-0.05, 0) is 12.1 Å². The fraction of sp³-hybridized carbons (Fsp3) is 0.0667. The van der Waals surface area contributed by atoms with Crippen LogP contribution in [0.1, 0.15) is 5.56 Å². The first-order valence-electron chi connectivity index (χ1n) is 6.65. The van der Waals surface area contributed by atoms with Crippen molar-refractivity contribution in [3.05, 3.63) is 70.4 Å². The number of nitro groups is 1. The summed E-state index contributed by atoms with van der Waals surface area (Å²) >= 11 is 0. The Morgan fingerprint density at radius 3 is 2.57 bits per heavy atom. The smallest absolute Gasteiger partial charge is 0.270 e. The maximum atomic E-state index is 12.8. The third kappa shape index (κ3) is 2.47. The molecular weight excluding hydrogens is 320 g/mol. The number of rotatable bonds is 4. The highest BCUT2D eigenvalue weighted by molar-refractivity contribution is 7.90. The Hall–Kier alpha value is -2.71. The van der Waals surface area contributed by atoms with Gasteiger partial charge in [-0.15, -0.1) is 0 Å². The fourth-order valence-electron chi connectivity index (χ4n) is 2.41. The van der Waals surface area contributed by atoms with E-state index in [0.717, 1.165) is 10.0 Å². The van der Waals surface area contributed by atoms with Crippen LogP contribution in [-0.4, -0.2) is 22.4 Å². The molecule has 0 bridgehead atoms. The molecule has 3 rings (SSSR count). The Balaban J connectivity index is 2.25. The van der Waals surface area contributed by atoms with Crippen LogP contribution in [0.2, 0.25) is 0 Å². The SMILES string of the molecule is O=[N+]([O-])c1cccc(S(=O)(=O)n2cc(CO)c3ccccc32)c1. The molecule has 1 aromatic heterocycles. The highest BCUT2D eigenvalue weighted by atomic mass is 32.2. The Labute approximate surface area is 131 Å². The van der Waals surface area contributed by atoms with Gasteiger partial charge in [-0.25, -0.2) is 12.4 Å². The molecule has 0 spiro atoms. The fourth-order valence-corrected chi connectivity index (χ4v) is 3.85. The molecule has 7 nitrogen and oxygen atoms in total. The minimum atomic E-state index is -4.01. The number of fused-ring (bicyclic) bond motifs is 1. The van der Waals surface area contributed by atoms with Gasteiger partial charge in [-0.2, -0.15) is 0 Å². The maximum absolute atomic E-state index is 12.8. The largest absolute Gasteiger partial charge is 0.392 e. The number of benzene rings is 2. The molecule has 118 valence electrons. The molecule has 0 radical (unpaired) electrons. The van der Waals surface area contributed by atoms with Crippen molar-refractivity contribution in [1.82, 2.24) is 3.97 Å². The summed E-state index contributed by atoms with van der Waals surface area (Å²) in [5.41, 5.74) is 0.572. The summed E-state index contributed by atoms with van der Waals surface area (Å²) in [6.07, 6.45) is 1.33. The molecule has 3 aromatic rings. The predicted octanol–water partition coefficient (Wildman–Crippen LogP) is 2.28. The first-order valence-corrected chi connectivity index (χ1v) is 8.09. The lowest BCUT2D eigenvalue weighted by Gasteiger charge is -2.07. The van der Waals surface area contributed by atoms with E-state index in [1.54, 1.807) is 24.3 Å². The monoisotopic (exact) mass is 332 g/mol. The highest BCUT2D eigenvalue weighted by Crippen LogP contribution is 2.27. The lowest BCUT2D eigenvalue weighted by atomic mass is 10.2. The van der Waals surface area contributed by atoms with E-state index < -0.39 is 14.9 Å². The molecular formula is C15H12N2O5S. The molecule has 0 atom stereocenters. The van der Waals surface area contributed by atoms with Crippen molar-refractivity contribution in [2.75, 3.05) is 0 Å². The second-order valence-corrected chi connectivity index (χ2v) is 6.70. The van der Waals surface area contributed by atoms with E-state index in [-0.39, 0.29) is 17.2 Å². The Kier molecular flexibility index (Phi) is 3.63. The quantitative estimate of drug-likeness (QED) is 0.583. The second-order valence-electron chi connectivity index (χ2n) is 4.88. The predicted molar refractivity (Wildman–Crippen MR) is 83.5 cm³/mol. The first kappa shape index (κ1) is 15.2. The third-order valence-electron chi connectivity index (χ3n) is 3.52. The molecule has 0 aliphatic rings. The Morgan fingerprint density at radius 2 is 1.87 bits per heavy atom. The zero-order valence-corrected chi connectivity index (χ0v) is 12.6. The summed E-state index contributed by atoms with van der Waals surface area (Å²) in [5, 5.41) is 20.9. The minimum Gasteiger partial charge on any atom is -0.392 e. The van der Waals surface area contributed by atoms with E-state index in [4.69, 9.17) is 0 Å². The van der Waals surface area contributed by atoms with E-state index in [1.165, 1.54) is 24.4 Å². The van der Waals surface area contributed by atoms with Crippen LogP contribution >= 0.6 is 0 Å². The topological polar surface area (TPSA) is 102 Å². The number of para-hydroxylation sites is 1. The lowest BCUT2D eigenvalue weighted by molar-refractivity contribution is -0.385. The van der Waals surface area contributed by atoms with Gasteiger partial charge in [0.05, 0.1) is 21.9 Å². The van der Waals surface area contributed by atoms with Gasteiger partial charge in [0, 0.05) is 29.3 Å². The zero-order chi connectivity index (χ0) is 16.6. The number of hydrogen-bond donors (Lipinski definition) is 1. The first-order chi connectivity index (χ1) is 10.9. The van der Waals surface area contributed by atoms with Gasteiger partial charge in [-0.1, -0.05) is 24.3 Å². The molecule has 0 aliphatic carbocycles. The molecule has 1 N–H and O–H groups in total. The van der Waals surface area contributed by atoms with Crippen LogP contribution in [0.25, 0.3) is 10.9 Å². The summed E-state index contributed by atoms with van der Waals surface area (Å²) in [5.74, 6) is 0. The van der Waals surface area contributed by atoms with Crippen LogP contribution in [0.4, 0.5) is 5.69 Å². The molecule has 0 fully saturated rings. The van der Waals surface area contributed by atoms with Gasteiger partial charge in [0.15, 0.2) is 0 Å². The second kappa shape index (κ2) is 5.49. The lowest BCUT2D eigenvalue weighted by Crippen LogP contribution is -2.12. The molecule has 0 aliphatic heterocycles. The van der Waals surface area contributed by atoms with Crippen LogP contribution in [0.3, 0.4) is 0 Å². The number of non-ortho nitro benzene ring substituents is 1. The van der Waals surface area contributed by atoms with Gasteiger partial charge < -0.3 is 5.11 Å². The summed E-state index contributed by atoms with van der Waals surface area (Å²) in [4.78, 5) is 10.0. The average Bonchev–Trinajstić information content (AvgIpc) is 2.94. The van der Waals surface area contributed by atoms with Crippen molar-refractivity contribution in [2.24, 2.45) is 0 Å². The van der Waals surface area contributed by atoms with Crippen molar-refractivity contribution in [3.63, 3.8) is 0 Å². The van der Waals surface area contributed by atoms with Crippen LogP contribution in [0, 0.1) is 10.1 Å². The molecule has 2 aromatic carbocycles. The molecule has 1 heterocycles. The molecule has 23 heavy (non-hydrogen) atoms. The van der Waals surface area contributed by atoms with Crippen LogP contribution in [-0.2, 0) is 16.6 Å². The van der Waals surface area contributed by atoms with Gasteiger partial charge >= 0.3 is 0 Å². The van der Waals surface area contributed by atoms with Crippen LogP contribution in [0.5, 0.6) is 0 Å². The highest BCUT2D eigenvalue weighted by Gasteiger charge is 2.22. The van der Waals surface area contributed by atoms with Crippen molar-refractivity contribution in [1.29, 1.82) is 0 Å². The van der Waals surface area contributed by atoms with E-state index >= 15 is 0 Å². The van der Waals surface area contributed by atoms with E-state index in [1.807, 2.05) is 0 Å². The van der Waals surface area contributed by atoms with E-state index in [9.17, 15) is 23.6 Å². The van der Waals surface area contributed by atoms with Crippen LogP contribution < -0.4 is 0 Å². The summed E-state index contributed by atoms with van der Waals surface area (Å²) < 4.78 is 26.7. The summed E-state index contributed by atoms with van der Waals surface area (Å²) in [6.45, 7) is -0.308. The normalized spacial score (nSPS) is 11.7. The minimum absolute atomic E-state index is 0.183. The molecule has 0 saturated carbocycles. The zero-order valence-electron chi connectivity index (χ0n) is 11.8. The number of nitro benzene ring substituents is 1. The molecule has 0 unspecified atom stereocenters. The summed E-state index contributed by atoms with van der Waals surface area (Å²) in [6, 6.07) is 11.6. The van der Waals surface area contributed by atoms with Gasteiger partial charge in [-0.3, -0.25) is 10.1 Å². The number of aliphatic hydroxyl groups excluding tert-OH is 1. The molecule has 0 amide bonds. The number of aromatic nitrogens is 1. The number of nitrogens with zero attached hydrogens (tertiary/aromatic N) is 2. The summed E-state index contributed by atoms with van der Waals surface area (Å²) in [7, 11) is -4.01. The van der Waals surface area contributed by atoms with Crippen molar-refractivity contribution < 1.29 is 18.4 Å². The standard InChI is InChI=1S/C15H12N2O5S/c18-10-11-9-16(15-7-2-1-6-14(11)15)23(21,22)13-5-3-4-12(8-13)17(19)20/h1-9,18H,10H2.